The van der Waals surface area contributed by atoms with Crippen LogP contribution in [0.15, 0.2) is 100 Å². The Hall–Kier alpha value is -4.71. The van der Waals surface area contributed by atoms with Crippen LogP contribution in [-0.2, 0) is 0 Å². The summed E-state index contributed by atoms with van der Waals surface area (Å²) in [7, 11) is 0. The number of hydrogen-bond donors (Lipinski definition) is 2. The number of rotatable bonds is 5. The van der Waals surface area contributed by atoms with Crippen LogP contribution in [0.1, 0.15) is 5.56 Å². The molecule has 0 radical (unpaired) electrons. The molecule has 0 saturated carbocycles. The van der Waals surface area contributed by atoms with E-state index in [0.717, 1.165) is 0 Å². The van der Waals surface area contributed by atoms with Crippen molar-refractivity contribution in [2.24, 2.45) is 0 Å². The molecular formula is C28H20O6. The first-order valence-electron chi connectivity index (χ1n) is 10.6. The van der Waals surface area contributed by atoms with Crippen molar-refractivity contribution in [3.8, 4) is 45.8 Å². The first kappa shape index (κ1) is 21.2. The molecule has 0 unspecified atom stereocenters. The predicted octanol–water partition coefficient (Wildman–Crippen LogP) is 6.76. The number of aromatic hydroxyl groups is 2. The lowest BCUT2D eigenvalue weighted by Crippen LogP contribution is -2.08. The Morgan fingerprint density at radius 2 is 1.29 bits per heavy atom. The summed E-state index contributed by atoms with van der Waals surface area (Å²) in [6.07, 6.45) is 0. The Balaban J connectivity index is 1.65. The van der Waals surface area contributed by atoms with Crippen LogP contribution in [-0.4, -0.2) is 10.2 Å². The van der Waals surface area contributed by atoms with Gasteiger partial charge in [0.25, 0.3) is 0 Å². The largest absolute Gasteiger partial charge is 0.507 e. The number of phenols is 2. The predicted molar refractivity (Wildman–Crippen MR) is 129 cm³/mol. The van der Waals surface area contributed by atoms with Gasteiger partial charge in [0.15, 0.2) is 5.76 Å². The molecule has 0 aliphatic rings. The molecule has 0 aliphatic heterocycles. The average molecular weight is 452 g/mol. The first-order valence-corrected chi connectivity index (χ1v) is 10.6. The summed E-state index contributed by atoms with van der Waals surface area (Å²) in [5, 5.41) is 20.7. The van der Waals surface area contributed by atoms with E-state index in [1.807, 2.05) is 36.4 Å². The van der Waals surface area contributed by atoms with Gasteiger partial charge in [-0.25, -0.2) is 0 Å². The van der Waals surface area contributed by atoms with Crippen LogP contribution in [0.25, 0.3) is 22.3 Å². The van der Waals surface area contributed by atoms with Gasteiger partial charge in [-0.3, -0.25) is 4.79 Å². The Kier molecular flexibility index (Phi) is 5.40. The first-order chi connectivity index (χ1) is 16.5. The van der Waals surface area contributed by atoms with Crippen LogP contribution in [0.5, 0.6) is 34.5 Å². The molecule has 0 fully saturated rings. The molecule has 0 bridgehead atoms. The lowest BCUT2D eigenvalue weighted by atomic mass is 10.1. The molecule has 1 heterocycles. The molecule has 0 aliphatic carbocycles. The van der Waals surface area contributed by atoms with Crippen molar-refractivity contribution >= 4 is 11.0 Å². The van der Waals surface area contributed by atoms with Crippen molar-refractivity contribution in [1.82, 2.24) is 0 Å². The third kappa shape index (κ3) is 3.93. The van der Waals surface area contributed by atoms with Crippen LogP contribution in [0, 0.1) is 6.92 Å². The van der Waals surface area contributed by atoms with E-state index in [2.05, 4.69) is 0 Å². The Bertz CT molecular complexity index is 1520. The lowest BCUT2D eigenvalue weighted by molar-refractivity contribution is 0.438. The molecule has 5 rings (SSSR count). The van der Waals surface area contributed by atoms with Crippen molar-refractivity contribution in [1.29, 1.82) is 0 Å². The molecule has 2 N–H and O–H groups in total. The summed E-state index contributed by atoms with van der Waals surface area (Å²) < 4.78 is 17.8. The zero-order valence-corrected chi connectivity index (χ0v) is 18.2. The third-order valence-electron chi connectivity index (χ3n) is 5.40. The van der Waals surface area contributed by atoms with E-state index in [9.17, 15) is 15.0 Å². The minimum Gasteiger partial charge on any atom is -0.507 e. The Morgan fingerprint density at radius 1 is 0.735 bits per heavy atom. The number of para-hydroxylation sites is 2. The zero-order valence-electron chi connectivity index (χ0n) is 18.2. The van der Waals surface area contributed by atoms with Gasteiger partial charge in [0.1, 0.15) is 39.7 Å². The molecule has 5 aromatic rings. The van der Waals surface area contributed by atoms with Crippen LogP contribution < -0.4 is 14.9 Å². The average Bonchev–Trinajstić information content (AvgIpc) is 2.86. The highest BCUT2D eigenvalue weighted by molar-refractivity contribution is 5.90. The van der Waals surface area contributed by atoms with Gasteiger partial charge in [-0.1, -0.05) is 36.4 Å². The maximum Gasteiger partial charge on any atom is 0.239 e. The van der Waals surface area contributed by atoms with E-state index in [-0.39, 0.29) is 39.5 Å². The second-order valence-electron chi connectivity index (χ2n) is 7.69. The molecule has 0 spiro atoms. The van der Waals surface area contributed by atoms with Crippen molar-refractivity contribution in [2.75, 3.05) is 0 Å². The van der Waals surface area contributed by atoms with E-state index in [1.165, 1.54) is 13.0 Å². The second kappa shape index (κ2) is 8.67. The minimum atomic E-state index is -0.551. The van der Waals surface area contributed by atoms with Gasteiger partial charge in [0.2, 0.25) is 11.2 Å². The van der Waals surface area contributed by atoms with Gasteiger partial charge in [0.05, 0.1) is 0 Å². The quantitative estimate of drug-likeness (QED) is 0.306. The molecule has 6 nitrogen and oxygen atoms in total. The number of phenolic OH excluding ortho intramolecular Hbond substituents is 2. The van der Waals surface area contributed by atoms with Crippen LogP contribution in [0.3, 0.4) is 0 Å². The molecule has 0 amide bonds. The summed E-state index contributed by atoms with van der Waals surface area (Å²) in [4.78, 5) is 13.5. The standard InChI is InChI=1S/C28H20O6/c1-17-22(29)16-23-24(25(17)30)26(31)28(33-20-10-6-3-7-11-20)27(34-23)18-12-14-21(15-13-18)32-19-8-4-2-5-9-19/h2-16,29-30H,1H3. The highest BCUT2D eigenvalue weighted by Crippen LogP contribution is 2.39. The number of fused-ring (bicyclic) bond motifs is 1. The van der Waals surface area contributed by atoms with Crippen LogP contribution in [0.2, 0.25) is 0 Å². The maximum absolute atomic E-state index is 13.5. The number of benzene rings is 4. The topological polar surface area (TPSA) is 89.1 Å². The van der Waals surface area contributed by atoms with E-state index in [1.54, 1.807) is 48.5 Å². The summed E-state index contributed by atoms with van der Waals surface area (Å²) in [5.41, 5.74) is 0.237. The zero-order chi connectivity index (χ0) is 23.7. The molecule has 168 valence electrons. The van der Waals surface area contributed by atoms with E-state index < -0.39 is 5.43 Å². The van der Waals surface area contributed by atoms with Crippen molar-refractivity contribution in [3.63, 3.8) is 0 Å². The number of hydrogen-bond acceptors (Lipinski definition) is 6. The lowest BCUT2D eigenvalue weighted by Gasteiger charge is -2.14. The Morgan fingerprint density at radius 3 is 1.91 bits per heavy atom. The fraction of sp³-hybridized carbons (Fsp3) is 0.0357. The molecule has 4 aromatic carbocycles. The van der Waals surface area contributed by atoms with Crippen LogP contribution in [0.4, 0.5) is 0 Å². The molecule has 6 heteroatoms. The molecule has 34 heavy (non-hydrogen) atoms. The normalized spacial score (nSPS) is 10.9. The van der Waals surface area contributed by atoms with E-state index in [4.69, 9.17) is 13.9 Å². The second-order valence-corrected chi connectivity index (χ2v) is 7.69. The fourth-order valence-electron chi connectivity index (χ4n) is 3.59. The van der Waals surface area contributed by atoms with Crippen LogP contribution >= 0.6 is 0 Å². The molecule has 0 saturated heterocycles. The molecular weight excluding hydrogens is 432 g/mol. The van der Waals surface area contributed by atoms with Gasteiger partial charge in [-0.15, -0.1) is 0 Å². The monoisotopic (exact) mass is 452 g/mol. The number of ether oxygens (including phenoxy) is 2. The van der Waals surface area contributed by atoms with Gasteiger partial charge in [-0.2, -0.15) is 0 Å². The summed E-state index contributed by atoms with van der Waals surface area (Å²) >= 11 is 0. The molecule has 1 aromatic heterocycles. The molecule has 0 atom stereocenters. The summed E-state index contributed by atoms with van der Waals surface area (Å²) in [6, 6.07) is 26.5. The van der Waals surface area contributed by atoms with E-state index in [0.29, 0.717) is 22.8 Å². The van der Waals surface area contributed by atoms with Crippen molar-refractivity contribution in [2.45, 2.75) is 6.92 Å². The van der Waals surface area contributed by atoms with E-state index >= 15 is 0 Å². The smallest absolute Gasteiger partial charge is 0.239 e. The highest BCUT2D eigenvalue weighted by atomic mass is 16.5. The van der Waals surface area contributed by atoms with Gasteiger partial charge < -0.3 is 24.1 Å². The SMILES string of the molecule is Cc1c(O)cc2oc(-c3ccc(Oc4ccccc4)cc3)c(Oc3ccccc3)c(=O)c2c1O. The highest BCUT2D eigenvalue weighted by Gasteiger charge is 2.23. The summed E-state index contributed by atoms with van der Waals surface area (Å²) in [6.45, 7) is 1.51. The van der Waals surface area contributed by atoms with Crippen molar-refractivity contribution in [3.05, 3.63) is 107 Å². The van der Waals surface area contributed by atoms with Gasteiger partial charge >= 0.3 is 0 Å². The maximum atomic E-state index is 13.5. The fourth-order valence-corrected chi connectivity index (χ4v) is 3.59. The van der Waals surface area contributed by atoms with Gasteiger partial charge in [0, 0.05) is 17.2 Å². The van der Waals surface area contributed by atoms with Crippen molar-refractivity contribution < 1.29 is 24.1 Å². The minimum absolute atomic E-state index is 0.0469. The van der Waals surface area contributed by atoms with Gasteiger partial charge in [-0.05, 0) is 55.5 Å². The Labute approximate surface area is 194 Å². The third-order valence-corrected chi connectivity index (χ3v) is 5.40. The summed E-state index contributed by atoms with van der Waals surface area (Å²) in [5.74, 6) is 1.30.